The molecule has 0 unspecified atom stereocenters. The molecule has 0 aliphatic carbocycles. The Kier molecular flexibility index (Phi) is 6.02. The Morgan fingerprint density at radius 2 is 1.92 bits per heavy atom. The van der Waals surface area contributed by atoms with Crippen molar-refractivity contribution < 1.29 is 22.8 Å². The molecule has 1 aromatic carbocycles. The fraction of sp³-hybridized carbons (Fsp3) is 0.400. The van der Waals surface area contributed by atoms with Crippen LogP contribution in [0.5, 0.6) is 0 Å². The van der Waals surface area contributed by atoms with Crippen molar-refractivity contribution in [2.75, 3.05) is 23.1 Å². The minimum absolute atomic E-state index is 0.0774. The predicted molar refractivity (Wildman–Crippen MR) is 93.0 cm³/mol. The van der Waals surface area contributed by atoms with Crippen molar-refractivity contribution in [2.24, 2.45) is 0 Å². The molecule has 1 aromatic rings. The number of carbonyl (C=O) groups excluding carboxylic acids is 3. The van der Waals surface area contributed by atoms with Gasteiger partial charge in [0, 0.05) is 26.4 Å². The normalized spacial score (nSPS) is 15.9. The number of benzene rings is 1. The molecule has 0 aromatic heterocycles. The fourth-order valence-electron chi connectivity index (χ4n) is 2.33. The van der Waals surface area contributed by atoms with Gasteiger partial charge in [-0.05, 0) is 24.6 Å². The zero-order valence-corrected chi connectivity index (χ0v) is 15.1. The van der Waals surface area contributed by atoms with E-state index in [9.17, 15) is 22.8 Å². The third-order valence-electron chi connectivity index (χ3n) is 3.52. The molecular weight excluding hydrogens is 370 g/mol. The average Bonchev–Trinajstić information content (AvgIpc) is 2.80. The molecule has 2 N–H and O–H groups in total. The molecule has 1 aliphatic heterocycles. The molecule has 3 amide bonds. The molecule has 1 aliphatic rings. The first-order valence-electron chi connectivity index (χ1n) is 7.60. The zero-order chi connectivity index (χ0) is 18.6. The maximum absolute atomic E-state index is 12.2. The first-order chi connectivity index (χ1) is 11.7. The Bertz CT molecular complexity index is 809. The SMILES string of the molecule is CC(=O)NCCCNC(=O)c1cc(N2C(=O)CCS2(=O)=O)ccc1Cl. The third-order valence-corrected chi connectivity index (χ3v) is 5.54. The Morgan fingerprint density at radius 1 is 1.24 bits per heavy atom. The molecule has 0 atom stereocenters. The van der Waals surface area contributed by atoms with E-state index in [1.807, 2.05) is 0 Å². The largest absolute Gasteiger partial charge is 0.356 e. The molecule has 0 radical (unpaired) electrons. The number of amides is 3. The Hall–Kier alpha value is -2.13. The van der Waals surface area contributed by atoms with Gasteiger partial charge in [-0.2, -0.15) is 0 Å². The molecular formula is C15H18ClN3O5S. The first-order valence-corrected chi connectivity index (χ1v) is 9.59. The van der Waals surface area contributed by atoms with Crippen molar-refractivity contribution in [2.45, 2.75) is 19.8 Å². The van der Waals surface area contributed by atoms with Gasteiger partial charge in [0.2, 0.25) is 21.8 Å². The quantitative estimate of drug-likeness (QED) is 0.696. The Morgan fingerprint density at radius 3 is 2.52 bits per heavy atom. The van der Waals surface area contributed by atoms with Crippen LogP contribution in [-0.4, -0.2) is 45.0 Å². The van der Waals surface area contributed by atoms with Crippen LogP contribution < -0.4 is 14.9 Å². The van der Waals surface area contributed by atoms with Gasteiger partial charge in [-0.3, -0.25) is 14.4 Å². The fourth-order valence-corrected chi connectivity index (χ4v) is 3.99. The second-order valence-electron chi connectivity index (χ2n) is 5.48. The molecule has 2 rings (SSSR count). The monoisotopic (exact) mass is 387 g/mol. The van der Waals surface area contributed by atoms with Crippen LogP contribution in [0, 0.1) is 0 Å². The molecule has 8 nitrogen and oxygen atoms in total. The van der Waals surface area contributed by atoms with Gasteiger partial charge in [0.25, 0.3) is 5.91 Å². The van der Waals surface area contributed by atoms with E-state index in [4.69, 9.17) is 11.6 Å². The van der Waals surface area contributed by atoms with Crippen LogP contribution in [-0.2, 0) is 19.6 Å². The van der Waals surface area contributed by atoms with Gasteiger partial charge in [-0.25, -0.2) is 12.7 Å². The average molecular weight is 388 g/mol. The molecule has 25 heavy (non-hydrogen) atoms. The van der Waals surface area contributed by atoms with E-state index in [2.05, 4.69) is 10.6 Å². The van der Waals surface area contributed by atoms with Crippen molar-refractivity contribution in [1.82, 2.24) is 10.6 Å². The van der Waals surface area contributed by atoms with Gasteiger partial charge in [0.1, 0.15) is 0 Å². The lowest BCUT2D eigenvalue weighted by Gasteiger charge is -2.16. The number of sulfonamides is 1. The van der Waals surface area contributed by atoms with Crippen molar-refractivity contribution in [3.63, 3.8) is 0 Å². The number of halogens is 1. The summed E-state index contributed by atoms with van der Waals surface area (Å²) in [7, 11) is -3.71. The maximum Gasteiger partial charge on any atom is 0.252 e. The minimum Gasteiger partial charge on any atom is -0.356 e. The summed E-state index contributed by atoms with van der Waals surface area (Å²) in [5, 5.41) is 5.38. The molecule has 0 bridgehead atoms. The number of nitrogens with zero attached hydrogens (tertiary/aromatic N) is 1. The summed E-state index contributed by atoms with van der Waals surface area (Å²) in [5.74, 6) is -1.43. The number of nitrogens with one attached hydrogen (secondary N) is 2. The van der Waals surface area contributed by atoms with Crippen molar-refractivity contribution in [3.05, 3.63) is 28.8 Å². The van der Waals surface area contributed by atoms with Crippen LogP contribution in [0.1, 0.15) is 30.1 Å². The summed E-state index contributed by atoms with van der Waals surface area (Å²) in [4.78, 5) is 34.8. The van der Waals surface area contributed by atoms with Gasteiger partial charge in [0.15, 0.2) is 0 Å². The molecule has 136 valence electrons. The number of carbonyl (C=O) groups is 3. The summed E-state index contributed by atoms with van der Waals surface area (Å²) in [5.41, 5.74) is 0.170. The van der Waals surface area contributed by atoms with Gasteiger partial charge in [-0.15, -0.1) is 0 Å². The highest BCUT2D eigenvalue weighted by atomic mass is 35.5. The molecule has 0 saturated carbocycles. The van der Waals surface area contributed by atoms with Crippen LogP contribution in [0.3, 0.4) is 0 Å². The standard InChI is InChI=1S/C15H18ClN3O5S/c1-10(20)17-6-2-7-18-15(22)12-9-11(3-4-13(12)16)19-14(21)5-8-25(19,23)24/h3-4,9H,2,5-8H2,1H3,(H,17,20)(H,18,22). The minimum atomic E-state index is -3.71. The van der Waals surface area contributed by atoms with Crippen molar-refractivity contribution >= 4 is 45.0 Å². The van der Waals surface area contributed by atoms with Gasteiger partial charge < -0.3 is 10.6 Å². The summed E-state index contributed by atoms with van der Waals surface area (Å²) < 4.78 is 24.7. The molecule has 0 spiro atoms. The van der Waals surface area contributed by atoms with Crippen LogP contribution >= 0.6 is 11.6 Å². The summed E-state index contributed by atoms with van der Waals surface area (Å²) in [6, 6.07) is 4.05. The lowest BCUT2D eigenvalue weighted by atomic mass is 10.1. The van der Waals surface area contributed by atoms with Gasteiger partial charge in [0.05, 0.1) is 22.0 Å². The molecule has 1 saturated heterocycles. The van der Waals surface area contributed by atoms with Gasteiger partial charge in [-0.1, -0.05) is 11.6 Å². The van der Waals surface area contributed by atoms with E-state index in [-0.39, 0.29) is 34.4 Å². The topological polar surface area (TPSA) is 113 Å². The predicted octanol–water partition coefficient (Wildman–Crippen LogP) is 0.662. The second kappa shape index (κ2) is 7.83. The van der Waals surface area contributed by atoms with E-state index >= 15 is 0 Å². The van der Waals surface area contributed by atoms with Crippen LogP contribution in [0.15, 0.2) is 18.2 Å². The van der Waals surface area contributed by atoms with Crippen molar-refractivity contribution in [3.8, 4) is 0 Å². The van der Waals surface area contributed by atoms with Gasteiger partial charge >= 0.3 is 0 Å². The maximum atomic E-state index is 12.2. The number of anilines is 1. The van der Waals surface area contributed by atoms with E-state index in [0.29, 0.717) is 23.8 Å². The molecule has 1 heterocycles. The first kappa shape index (κ1) is 19.2. The highest BCUT2D eigenvalue weighted by Crippen LogP contribution is 2.29. The highest BCUT2D eigenvalue weighted by Gasteiger charge is 2.36. The lowest BCUT2D eigenvalue weighted by Crippen LogP contribution is -2.31. The summed E-state index contributed by atoms with van der Waals surface area (Å²) >= 11 is 6.02. The van der Waals surface area contributed by atoms with E-state index in [0.717, 1.165) is 0 Å². The van der Waals surface area contributed by atoms with Crippen LogP contribution in [0.2, 0.25) is 5.02 Å². The van der Waals surface area contributed by atoms with Crippen LogP contribution in [0.4, 0.5) is 5.69 Å². The van der Waals surface area contributed by atoms with Crippen molar-refractivity contribution in [1.29, 1.82) is 0 Å². The smallest absolute Gasteiger partial charge is 0.252 e. The highest BCUT2D eigenvalue weighted by molar-refractivity contribution is 7.94. The summed E-state index contributed by atoms with van der Waals surface area (Å²) in [6.45, 7) is 2.13. The van der Waals surface area contributed by atoms with E-state index in [1.54, 1.807) is 0 Å². The number of hydrogen-bond acceptors (Lipinski definition) is 5. The molecule has 10 heteroatoms. The molecule has 1 fully saturated rings. The Labute approximate surface area is 150 Å². The zero-order valence-electron chi connectivity index (χ0n) is 13.5. The Balaban J connectivity index is 2.10. The van der Waals surface area contributed by atoms with E-state index < -0.39 is 21.8 Å². The second-order valence-corrected chi connectivity index (χ2v) is 7.83. The van der Waals surface area contributed by atoms with Crippen LogP contribution in [0.25, 0.3) is 0 Å². The number of rotatable bonds is 6. The third kappa shape index (κ3) is 4.70. The lowest BCUT2D eigenvalue weighted by molar-refractivity contribution is -0.119. The summed E-state index contributed by atoms with van der Waals surface area (Å²) in [6.07, 6.45) is 0.442. The number of hydrogen-bond donors (Lipinski definition) is 2. The van der Waals surface area contributed by atoms with E-state index in [1.165, 1.54) is 25.1 Å².